The lowest BCUT2D eigenvalue weighted by atomic mass is 9.98. The molecule has 0 fully saturated rings. The molecule has 7 nitrogen and oxygen atoms in total. The number of hydrogen-bond donors (Lipinski definition) is 2. The zero-order chi connectivity index (χ0) is 24.9. The summed E-state index contributed by atoms with van der Waals surface area (Å²) in [6.07, 6.45) is 0. The van der Waals surface area contributed by atoms with Gasteiger partial charge in [0.05, 0.1) is 11.6 Å². The minimum atomic E-state index is -0.926. The molecular weight excluding hydrogens is 482 g/mol. The number of nitrogens with one attached hydrogen (secondary N) is 1. The molecule has 2 aromatic heterocycles. The van der Waals surface area contributed by atoms with E-state index in [9.17, 15) is 9.90 Å². The largest absolute Gasteiger partial charge is 0.481 e. The third kappa shape index (κ3) is 4.13. The summed E-state index contributed by atoms with van der Waals surface area (Å²) in [6, 6.07) is 14.8. The highest BCUT2D eigenvalue weighted by atomic mass is 35.5. The minimum absolute atomic E-state index is 0.550. The Kier molecular flexibility index (Phi) is 5.94. The first-order valence-electron chi connectivity index (χ1n) is 11.2. The van der Waals surface area contributed by atoms with E-state index >= 15 is 0 Å². The number of aryl methyl sites for hydroxylation is 2. The number of nitrogens with zero attached hydrogens (tertiary/aromatic N) is 4. The number of halogens is 1. The summed E-state index contributed by atoms with van der Waals surface area (Å²) in [5, 5.41) is 23.5. The number of carboxylic acid groups (broad SMARTS) is 1. The van der Waals surface area contributed by atoms with Crippen LogP contribution in [0.4, 0.5) is 11.4 Å². The average Bonchev–Trinajstić information content (AvgIpc) is 3.29. The Morgan fingerprint density at radius 2 is 1.86 bits per heavy atom. The van der Waals surface area contributed by atoms with Crippen LogP contribution in [0.5, 0.6) is 0 Å². The van der Waals surface area contributed by atoms with Gasteiger partial charge >= 0.3 is 5.97 Å². The molecule has 4 aromatic rings. The molecule has 1 aliphatic heterocycles. The van der Waals surface area contributed by atoms with Crippen molar-refractivity contribution in [3.8, 4) is 5.00 Å². The molecule has 0 aliphatic carbocycles. The van der Waals surface area contributed by atoms with Crippen molar-refractivity contribution in [2.24, 2.45) is 10.9 Å². The predicted molar refractivity (Wildman–Crippen MR) is 140 cm³/mol. The fourth-order valence-electron chi connectivity index (χ4n) is 4.26. The second kappa shape index (κ2) is 8.94. The van der Waals surface area contributed by atoms with E-state index in [1.165, 1.54) is 4.88 Å². The Hall–Kier alpha value is -3.49. The standard InChI is InChI=1S/C26H24ClN5O2S/c1-13-15(3)35-25-21(13)23(29-22(14(2)26(33)34)24-31-30-16(4)32(24)25)17-8-10-19(11-9-17)28-20-7-5-6-18(27)12-20/h5-12,14,22,28H,1-4H3,(H,33,34)/t14-,22?/m0/s1. The van der Waals surface area contributed by atoms with Crippen LogP contribution < -0.4 is 5.32 Å². The third-order valence-corrected chi connectivity index (χ3v) is 7.75. The van der Waals surface area contributed by atoms with Crippen molar-refractivity contribution < 1.29 is 9.90 Å². The fraction of sp³-hybridized carbons (Fsp3) is 0.231. The van der Waals surface area contributed by atoms with Gasteiger partial charge in [0, 0.05) is 32.4 Å². The summed E-state index contributed by atoms with van der Waals surface area (Å²) in [7, 11) is 0. The van der Waals surface area contributed by atoms with Crippen molar-refractivity contribution in [3.63, 3.8) is 0 Å². The molecule has 0 radical (unpaired) electrons. The highest BCUT2D eigenvalue weighted by molar-refractivity contribution is 7.15. The summed E-state index contributed by atoms with van der Waals surface area (Å²) in [5.41, 5.74) is 5.58. The maximum atomic E-state index is 12.0. The Bertz CT molecular complexity index is 1470. The van der Waals surface area contributed by atoms with Crippen LogP contribution in [0.3, 0.4) is 0 Å². The lowest BCUT2D eigenvalue weighted by molar-refractivity contribution is -0.141. The monoisotopic (exact) mass is 505 g/mol. The van der Waals surface area contributed by atoms with Gasteiger partial charge in [-0.05, 0) is 63.6 Å². The lowest BCUT2D eigenvalue weighted by Crippen LogP contribution is -2.21. The molecule has 5 rings (SSSR count). The first-order valence-corrected chi connectivity index (χ1v) is 12.4. The van der Waals surface area contributed by atoms with Crippen molar-refractivity contribution in [1.29, 1.82) is 0 Å². The van der Waals surface area contributed by atoms with Gasteiger partial charge in [-0.3, -0.25) is 14.4 Å². The number of benzene rings is 2. The molecule has 178 valence electrons. The Balaban J connectivity index is 1.63. The predicted octanol–water partition coefficient (Wildman–Crippen LogP) is 6.26. The Morgan fingerprint density at radius 1 is 1.11 bits per heavy atom. The maximum absolute atomic E-state index is 12.0. The van der Waals surface area contributed by atoms with Crippen molar-refractivity contribution in [2.45, 2.75) is 33.7 Å². The van der Waals surface area contributed by atoms with Gasteiger partial charge in [0.2, 0.25) is 0 Å². The van der Waals surface area contributed by atoms with Crippen LogP contribution in [0.25, 0.3) is 5.00 Å². The van der Waals surface area contributed by atoms with Crippen LogP contribution in [0.2, 0.25) is 5.02 Å². The summed E-state index contributed by atoms with van der Waals surface area (Å²) in [6.45, 7) is 7.71. The third-order valence-electron chi connectivity index (χ3n) is 6.32. The van der Waals surface area contributed by atoms with E-state index in [2.05, 4.69) is 29.4 Å². The van der Waals surface area contributed by atoms with Gasteiger partial charge in [0.15, 0.2) is 5.82 Å². The number of carboxylic acids is 1. The first-order chi connectivity index (χ1) is 16.7. The van der Waals surface area contributed by atoms with E-state index in [4.69, 9.17) is 16.6 Å². The van der Waals surface area contributed by atoms with Crippen LogP contribution in [0.15, 0.2) is 53.5 Å². The van der Waals surface area contributed by atoms with Gasteiger partial charge in [-0.25, -0.2) is 0 Å². The van der Waals surface area contributed by atoms with E-state index in [-0.39, 0.29) is 0 Å². The van der Waals surface area contributed by atoms with Crippen LogP contribution in [0, 0.1) is 26.7 Å². The van der Waals surface area contributed by atoms with Gasteiger partial charge < -0.3 is 10.4 Å². The maximum Gasteiger partial charge on any atom is 0.308 e. The number of carbonyl (C=O) groups is 1. The van der Waals surface area contributed by atoms with E-state index in [0.29, 0.717) is 16.7 Å². The molecule has 0 amide bonds. The highest BCUT2D eigenvalue weighted by Gasteiger charge is 2.36. The van der Waals surface area contributed by atoms with E-state index < -0.39 is 17.9 Å². The molecule has 0 saturated carbocycles. The molecule has 9 heteroatoms. The molecule has 0 bridgehead atoms. The summed E-state index contributed by atoms with van der Waals surface area (Å²) >= 11 is 7.76. The van der Waals surface area contributed by atoms with Crippen molar-refractivity contribution in [3.05, 3.63) is 86.8 Å². The Morgan fingerprint density at radius 3 is 2.54 bits per heavy atom. The first kappa shape index (κ1) is 23.3. The second-order valence-corrected chi connectivity index (χ2v) is 10.3. The smallest absolute Gasteiger partial charge is 0.308 e. The quantitative estimate of drug-likeness (QED) is 0.334. The number of anilines is 2. The molecule has 0 spiro atoms. The second-order valence-electron chi connectivity index (χ2n) is 8.67. The molecule has 2 atom stereocenters. The molecule has 3 heterocycles. The number of aromatic nitrogens is 3. The van der Waals surface area contributed by atoms with E-state index in [1.807, 2.05) is 60.0 Å². The molecule has 2 N–H and O–H groups in total. The van der Waals surface area contributed by atoms with Gasteiger partial charge in [-0.2, -0.15) is 0 Å². The molecule has 0 saturated heterocycles. The molecule has 35 heavy (non-hydrogen) atoms. The molecular formula is C26H24ClN5O2S. The lowest BCUT2D eigenvalue weighted by Gasteiger charge is -2.16. The SMILES string of the molecule is Cc1sc2c(c1C)C(c1ccc(Nc3cccc(Cl)c3)cc1)=NC([C@H](C)C(=O)O)c1nnc(C)n1-2. The number of aliphatic imine (C=N–C) groups is 1. The fourth-order valence-corrected chi connectivity index (χ4v) is 5.67. The summed E-state index contributed by atoms with van der Waals surface area (Å²) in [5.74, 6) is -0.437. The number of thiophene rings is 1. The zero-order valence-corrected chi connectivity index (χ0v) is 21.3. The van der Waals surface area contributed by atoms with Gasteiger partial charge in [-0.1, -0.05) is 29.8 Å². The van der Waals surface area contributed by atoms with Crippen LogP contribution in [-0.4, -0.2) is 31.6 Å². The van der Waals surface area contributed by atoms with Gasteiger partial charge in [-0.15, -0.1) is 21.5 Å². The normalized spacial score (nSPS) is 15.6. The number of aliphatic carboxylic acids is 1. The molecule has 1 aliphatic rings. The number of fused-ring (bicyclic) bond motifs is 3. The Labute approximate surface area is 212 Å². The minimum Gasteiger partial charge on any atom is -0.481 e. The van der Waals surface area contributed by atoms with Gasteiger partial charge in [0.25, 0.3) is 0 Å². The zero-order valence-electron chi connectivity index (χ0n) is 19.7. The van der Waals surface area contributed by atoms with Crippen molar-refractivity contribution in [1.82, 2.24) is 14.8 Å². The van der Waals surface area contributed by atoms with Crippen LogP contribution in [0.1, 0.15) is 46.2 Å². The van der Waals surface area contributed by atoms with Crippen LogP contribution in [-0.2, 0) is 4.79 Å². The average molecular weight is 506 g/mol. The summed E-state index contributed by atoms with van der Waals surface area (Å²) in [4.78, 5) is 18.2. The topological polar surface area (TPSA) is 92.4 Å². The summed E-state index contributed by atoms with van der Waals surface area (Å²) < 4.78 is 1.97. The van der Waals surface area contributed by atoms with Crippen LogP contribution >= 0.6 is 22.9 Å². The van der Waals surface area contributed by atoms with Crippen molar-refractivity contribution >= 4 is 46.0 Å². The number of hydrogen-bond acceptors (Lipinski definition) is 6. The van der Waals surface area contributed by atoms with Gasteiger partial charge in [0.1, 0.15) is 16.9 Å². The molecule has 2 aromatic carbocycles. The van der Waals surface area contributed by atoms with E-state index in [1.54, 1.807) is 18.3 Å². The highest BCUT2D eigenvalue weighted by Crippen LogP contribution is 2.40. The number of rotatable bonds is 5. The van der Waals surface area contributed by atoms with Crippen molar-refractivity contribution in [2.75, 3.05) is 5.32 Å². The molecule has 1 unspecified atom stereocenters. The van der Waals surface area contributed by atoms with E-state index in [0.717, 1.165) is 38.8 Å².